The highest BCUT2D eigenvalue weighted by Crippen LogP contribution is 2.27. The number of carbonyl (C=O) groups is 2. The molecule has 0 aliphatic rings. The zero-order valence-electron chi connectivity index (χ0n) is 12.4. The Hall–Kier alpha value is -2.70. The molecular weight excluding hydrogens is 309 g/mol. The predicted octanol–water partition coefficient (Wildman–Crippen LogP) is 3.86. The summed E-state index contributed by atoms with van der Waals surface area (Å²) in [6.45, 7) is 3.09. The highest BCUT2D eigenvalue weighted by atomic mass is 19.4. The van der Waals surface area contributed by atoms with E-state index in [4.69, 9.17) is 0 Å². The van der Waals surface area contributed by atoms with E-state index in [0.29, 0.717) is 16.8 Å². The molecule has 23 heavy (non-hydrogen) atoms. The van der Waals surface area contributed by atoms with Crippen molar-refractivity contribution in [1.29, 1.82) is 0 Å². The summed E-state index contributed by atoms with van der Waals surface area (Å²) in [5.74, 6) is -0.961. The van der Waals surface area contributed by atoms with E-state index in [1.807, 2.05) is 0 Å². The summed E-state index contributed by atoms with van der Waals surface area (Å²) in [5.41, 5.74) is -0.0769. The van der Waals surface area contributed by atoms with Crippen LogP contribution in [0.3, 0.4) is 0 Å². The van der Waals surface area contributed by atoms with Crippen molar-refractivity contribution >= 4 is 17.4 Å². The van der Waals surface area contributed by atoms with Crippen molar-refractivity contribution in [1.82, 2.24) is 4.98 Å². The average molecular weight is 322 g/mol. The topological polar surface area (TPSA) is 59.1 Å². The van der Waals surface area contributed by atoms with Gasteiger partial charge in [0.25, 0.3) is 5.91 Å². The van der Waals surface area contributed by atoms with E-state index >= 15 is 0 Å². The largest absolute Gasteiger partial charge is 0.433 e. The van der Waals surface area contributed by atoms with Crippen LogP contribution in [0.1, 0.15) is 39.0 Å². The fourth-order valence-corrected chi connectivity index (χ4v) is 1.88. The molecule has 1 aromatic heterocycles. The fraction of sp³-hybridized carbons (Fsp3) is 0.188. The Morgan fingerprint density at radius 2 is 1.83 bits per heavy atom. The number of alkyl halides is 3. The standard InChI is InChI=1S/C16H13F3N2O2/c1-9-6-7-11(10(2)22)8-13(9)21-15(23)12-4-3-5-14(20-12)16(17,18)19/h3-8H,1-2H3,(H,21,23). The molecule has 0 saturated heterocycles. The van der Waals surface area contributed by atoms with Crippen LogP contribution in [0.2, 0.25) is 0 Å². The van der Waals surface area contributed by atoms with Crippen LogP contribution in [0.4, 0.5) is 18.9 Å². The van der Waals surface area contributed by atoms with E-state index in [1.165, 1.54) is 19.1 Å². The molecule has 2 rings (SSSR count). The van der Waals surface area contributed by atoms with Gasteiger partial charge >= 0.3 is 6.18 Å². The van der Waals surface area contributed by atoms with Gasteiger partial charge in [0.15, 0.2) is 5.78 Å². The molecule has 0 spiro atoms. The summed E-state index contributed by atoms with van der Waals surface area (Å²) in [6, 6.07) is 7.82. The van der Waals surface area contributed by atoms with Crippen LogP contribution in [-0.4, -0.2) is 16.7 Å². The molecule has 1 amide bonds. The van der Waals surface area contributed by atoms with Gasteiger partial charge in [-0.05, 0) is 37.6 Å². The summed E-state index contributed by atoms with van der Waals surface area (Å²) in [6.07, 6.45) is -4.62. The van der Waals surface area contributed by atoms with E-state index in [9.17, 15) is 22.8 Å². The first-order valence-electron chi connectivity index (χ1n) is 6.65. The number of nitrogens with zero attached hydrogens (tertiary/aromatic N) is 1. The second-order valence-electron chi connectivity index (χ2n) is 4.95. The molecule has 0 aliphatic heterocycles. The molecule has 0 aliphatic carbocycles. The molecule has 0 radical (unpaired) electrons. The molecule has 0 bridgehead atoms. The molecule has 0 atom stereocenters. The summed E-state index contributed by atoms with van der Waals surface area (Å²) in [5, 5.41) is 2.48. The van der Waals surface area contributed by atoms with Crippen LogP contribution in [0.25, 0.3) is 0 Å². The van der Waals surface area contributed by atoms with Crippen molar-refractivity contribution in [2.45, 2.75) is 20.0 Å². The number of nitrogens with one attached hydrogen (secondary N) is 1. The number of hydrogen-bond donors (Lipinski definition) is 1. The molecule has 1 heterocycles. The SMILES string of the molecule is CC(=O)c1ccc(C)c(NC(=O)c2cccc(C(F)(F)F)n2)c1. The number of aryl methyl sites for hydroxylation is 1. The van der Waals surface area contributed by atoms with Crippen LogP contribution in [0.15, 0.2) is 36.4 Å². The number of aromatic nitrogens is 1. The number of carbonyl (C=O) groups excluding carboxylic acids is 2. The highest BCUT2D eigenvalue weighted by molar-refractivity contribution is 6.04. The number of Topliss-reactive ketones (excluding diaryl/α,β-unsaturated/α-hetero) is 1. The Morgan fingerprint density at radius 3 is 2.43 bits per heavy atom. The number of halogens is 3. The Morgan fingerprint density at radius 1 is 1.13 bits per heavy atom. The maximum Gasteiger partial charge on any atom is 0.433 e. The zero-order valence-corrected chi connectivity index (χ0v) is 12.4. The van der Waals surface area contributed by atoms with Crippen LogP contribution in [0.5, 0.6) is 0 Å². The van der Waals surface area contributed by atoms with Crippen molar-refractivity contribution in [2.75, 3.05) is 5.32 Å². The van der Waals surface area contributed by atoms with Crippen LogP contribution < -0.4 is 5.32 Å². The van der Waals surface area contributed by atoms with Gasteiger partial charge in [0.1, 0.15) is 11.4 Å². The van der Waals surface area contributed by atoms with Gasteiger partial charge in [0.2, 0.25) is 0 Å². The second-order valence-corrected chi connectivity index (χ2v) is 4.95. The number of ketones is 1. The lowest BCUT2D eigenvalue weighted by atomic mass is 10.1. The molecule has 4 nitrogen and oxygen atoms in total. The normalized spacial score (nSPS) is 11.2. The third kappa shape index (κ3) is 3.94. The average Bonchev–Trinajstić information content (AvgIpc) is 2.48. The first-order valence-corrected chi connectivity index (χ1v) is 6.65. The van der Waals surface area contributed by atoms with Gasteiger partial charge in [-0.25, -0.2) is 4.98 Å². The van der Waals surface area contributed by atoms with Crippen molar-refractivity contribution in [3.8, 4) is 0 Å². The molecule has 0 unspecified atom stereocenters. The van der Waals surface area contributed by atoms with Crippen LogP contribution in [0, 0.1) is 6.92 Å². The predicted molar refractivity (Wildman–Crippen MR) is 78.4 cm³/mol. The van der Waals surface area contributed by atoms with Gasteiger partial charge in [-0.3, -0.25) is 9.59 Å². The molecule has 0 fully saturated rings. The number of rotatable bonds is 3. The van der Waals surface area contributed by atoms with E-state index in [1.54, 1.807) is 19.1 Å². The molecule has 1 N–H and O–H groups in total. The lowest BCUT2D eigenvalue weighted by molar-refractivity contribution is -0.141. The van der Waals surface area contributed by atoms with Crippen LogP contribution >= 0.6 is 0 Å². The van der Waals surface area contributed by atoms with Gasteiger partial charge in [0.05, 0.1) is 0 Å². The minimum Gasteiger partial charge on any atom is -0.320 e. The zero-order chi connectivity index (χ0) is 17.2. The lowest BCUT2D eigenvalue weighted by Crippen LogP contribution is -2.17. The van der Waals surface area contributed by atoms with Crippen molar-refractivity contribution in [3.05, 3.63) is 58.9 Å². The number of hydrogen-bond acceptors (Lipinski definition) is 3. The van der Waals surface area contributed by atoms with Crippen molar-refractivity contribution < 1.29 is 22.8 Å². The summed E-state index contributed by atoms with van der Waals surface area (Å²) >= 11 is 0. The van der Waals surface area contributed by atoms with E-state index < -0.39 is 17.8 Å². The maximum absolute atomic E-state index is 12.6. The smallest absolute Gasteiger partial charge is 0.320 e. The number of pyridine rings is 1. The first-order chi connectivity index (χ1) is 10.7. The quantitative estimate of drug-likeness (QED) is 0.873. The minimum atomic E-state index is -4.62. The Labute approximate surface area is 130 Å². The minimum absolute atomic E-state index is 0.183. The molecular formula is C16H13F3N2O2. The summed E-state index contributed by atoms with van der Waals surface area (Å²) < 4.78 is 37.9. The molecule has 7 heteroatoms. The Kier molecular flexibility index (Phi) is 4.49. The molecule has 2 aromatic rings. The summed E-state index contributed by atoms with van der Waals surface area (Å²) in [4.78, 5) is 26.8. The Bertz CT molecular complexity index is 770. The van der Waals surface area contributed by atoms with Gasteiger partial charge in [-0.1, -0.05) is 18.2 Å². The summed E-state index contributed by atoms with van der Waals surface area (Å²) in [7, 11) is 0. The van der Waals surface area contributed by atoms with E-state index in [-0.39, 0.29) is 11.5 Å². The highest BCUT2D eigenvalue weighted by Gasteiger charge is 2.32. The number of anilines is 1. The van der Waals surface area contributed by atoms with E-state index in [2.05, 4.69) is 10.3 Å². The lowest BCUT2D eigenvalue weighted by Gasteiger charge is -2.11. The van der Waals surface area contributed by atoms with Crippen molar-refractivity contribution in [3.63, 3.8) is 0 Å². The molecule has 0 saturated carbocycles. The van der Waals surface area contributed by atoms with Crippen LogP contribution in [-0.2, 0) is 6.18 Å². The van der Waals surface area contributed by atoms with Crippen molar-refractivity contribution in [2.24, 2.45) is 0 Å². The van der Waals surface area contributed by atoms with Gasteiger partial charge in [0, 0.05) is 11.3 Å². The first kappa shape index (κ1) is 16.7. The third-order valence-corrected chi connectivity index (χ3v) is 3.16. The fourth-order valence-electron chi connectivity index (χ4n) is 1.88. The third-order valence-electron chi connectivity index (χ3n) is 3.16. The van der Waals surface area contributed by atoms with Gasteiger partial charge < -0.3 is 5.32 Å². The molecule has 120 valence electrons. The second kappa shape index (κ2) is 6.20. The molecule has 1 aromatic carbocycles. The van der Waals surface area contributed by atoms with Gasteiger partial charge in [-0.15, -0.1) is 0 Å². The van der Waals surface area contributed by atoms with E-state index in [0.717, 1.165) is 12.1 Å². The maximum atomic E-state index is 12.6. The monoisotopic (exact) mass is 322 g/mol. The number of amides is 1. The Balaban J connectivity index is 2.29. The number of benzene rings is 1. The van der Waals surface area contributed by atoms with Gasteiger partial charge in [-0.2, -0.15) is 13.2 Å².